The third-order valence-electron chi connectivity index (χ3n) is 5.05. The Morgan fingerprint density at radius 3 is 2.36 bits per heavy atom. The van der Waals surface area contributed by atoms with Gasteiger partial charge < -0.3 is 10.2 Å². The van der Waals surface area contributed by atoms with E-state index in [9.17, 15) is 13.2 Å². The van der Waals surface area contributed by atoms with Gasteiger partial charge in [-0.3, -0.25) is 4.79 Å². The number of nitrogens with zero attached hydrogens (tertiary/aromatic N) is 1. The molecule has 0 radical (unpaired) electrons. The Morgan fingerprint density at radius 1 is 1.11 bits per heavy atom. The minimum absolute atomic E-state index is 0.185. The molecule has 0 bridgehead atoms. The van der Waals surface area contributed by atoms with E-state index in [0.29, 0.717) is 13.0 Å². The minimum Gasteiger partial charge on any atom is -0.355 e. The maximum atomic E-state index is 12.7. The van der Waals surface area contributed by atoms with E-state index in [0.717, 1.165) is 31.6 Å². The zero-order valence-electron chi connectivity index (χ0n) is 17.4. The van der Waals surface area contributed by atoms with Crippen molar-refractivity contribution in [2.24, 2.45) is 5.92 Å². The molecule has 158 valence electrons. The first-order valence-corrected chi connectivity index (χ1v) is 11.9. The number of carbonyl (C=O) groups is 1. The monoisotopic (exact) mass is 409 g/mol. The van der Waals surface area contributed by atoms with Gasteiger partial charge in [-0.25, -0.2) is 8.42 Å². The summed E-state index contributed by atoms with van der Waals surface area (Å²) in [4.78, 5) is 15.3. The van der Waals surface area contributed by atoms with Crippen molar-refractivity contribution in [1.29, 1.82) is 0 Å². The summed E-state index contributed by atoms with van der Waals surface area (Å²) in [7, 11) is -3.73. The average molecular weight is 410 g/mol. The zero-order valence-corrected chi connectivity index (χ0v) is 18.2. The molecule has 7 heteroatoms. The number of amides is 1. The van der Waals surface area contributed by atoms with Crippen molar-refractivity contribution in [2.45, 2.75) is 63.8 Å². The third-order valence-corrected chi connectivity index (χ3v) is 6.54. The SMILES string of the molecule is Cc1ccc(S(=O)(=O)NC(CC(C)C)C(=O)NCCCN2CCCCC2)cc1. The van der Waals surface area contributed by atoms with Crippen LogP contribution in [0.25, 0.3) is 0 Å². The van der Waals surface area contributed by atoms with Crippen LogP contribution < -0.4 is 10.0 Å². The topological polar surface area (TPSA) is 78.5 Å². The number of carbonyl (C=O) groups excluding carboxylic acids is 1. The predicted octanol–water partition coefficient (Wildman–Crippen LogP) is 2.68. The first kappa shape index (κ1) is 22.8. The molecule has 1 aliphatic rings. The second-order valence-corrected chi connectivity index (χ2v) is 9.88. The Labute approximate surface area is 170 Å². The lowest BCUT2D eigenvalue weighted by Gasteiger charge is -2.26. The molecule has 1 aromatic carbocycles. The van der Waals surface area contributed by atoms with Gasteiger partial charge in [0, 0.05) is 6.54 Å². The normalized spacial score (nSPS) is 16.9. The van der Waals surface area contributed by atoms with Crippen molar-refractivity contribution < 1.29 is 13.2 Å². The highest BCUT2D eigenvalue weighted by atomic mass is 32.2. The van der Waals surface area contributed by atoms with Gasteiger partial charge in [-0.05, 0) is 70.3 Å². The molecule has 0 aliphatic carbocycles. The maximum Gasteiger partial charge on any atom is 0.241 e. The van der Waals surface area contributed by atoms with E-state index >= 15 is 0 Å². The number of hydrogen-bond donors (Lipinski definition) is 2. The van der Waals surface area contributed by atoms with Crippen LogP contribution in [0.2, 0.25) is 0 Å². The van der Waals surface area contributed by atoms with Gasteiger partial charge in [0.2, 0.25) is 15.9 Å². The third kappa shape index (κ3) is 7.53. The maximum absolute atomic E-state index is 12.7. The molecule has 0 spiro atoms. The van der Waals surface area contributed by atoms with Crippen LogP contribution in [-0.4, -0.2) is 51.4 Å². The van der Waals surface area contributed by atoms with Gasteiger partial charge in [0.1, 0.15) is 6.04 Å². The number of nitrogens with one attached hydrogen (secondary N) is 2. The molecule has 1 amide bonds. The van der Waals surface area contributed by atoms with Gasteiger partial charge in [-0.1, -0.05) is 38.0 Å². The summed E-state index contributed by atoms with van der Waals surface area (Å²) in [6.07, 6.45) is 5.16. The highest BCUT2D eigenvalue weighted by molar-refractivity contribution is 7.89. The smallest absolute Gasteiger partial charge is 0.241 e. The van der Waals surface area contributed by atoms with E-state index in [1.807, 2.05) is 20.8 Å². The fourth-order valence-electron chi connectivity index (χ4n) is 3.47. The number of sulfonamides is 1. The van der Waals surface area contributed by atoms with Gasteiger partial charge in [-0.15, -0.1) is 0 Å². The highest BCUT2D eigenvalue weighted by Crippen LogP contribution is 2.13. The molecular formula is C21H35N3O3S. The summed E-state index contributed by atoms with van der Waals surface area (Å²) < 4.78 is 28.0. The number of rotatable bonds is 10. The average Bonchev–Trinajstić information content (AvgIpc) is 2.65. The van der Waals surface area contributed by atoms with E-state index in [1.165, 1.54) is 19.3 Å². The molecule has 2 rings (SSSR count). The van der Waals surface area contributed by atoms with Crippen molar-refractivity contribution in [1.82, 2.24) is 14.9 Å². The molecule has 1 aliphatic heterocycles. The second kappa shape index (κ2) is 10.9. The molecular weight excluding hydrogens is 374 g/mol. The van der Waals surface area contributed by atoms with Gasteiger partial charge in [0.15, 0.2) is 0 Å². The van der Waals surface area contributed by atoms with Crippen molar-refractivity contribution in [2.75, 3.05) is 26.2 Å². The van der Waals surface area contributed by atoms with E-state index in [-0.39, 0.29) is 16.7 Å². The van der Waals surface area contributed by atoms with Gasteiger partial charge >= 0.3 is 0 Å². The number of benzene rings is 1. The standard InChI is InChI=1S/C21H35N3O3S/c1-17(2)16-20(23-28(26,27)19-10-8-18(3)9-11-19)21(25)22-12-7-15-24-13-5-4-6-14-24/h8-11,17,20,23H,4-7,12-16H2,1-3H3,(H,22,25). The number of likely N-dealkylation sites (tertiary alicyclic amines) is 1. The van der Waals surface area contributed by atoms with Crippen LogP contribution in [0.15, 0.2) is 29.2 Å². The van der Waals surface area contributed by atoms with Crippen LogP contribution >= 0.6 is 0 Å². The molecule has 1 fully saturated rings. The number of piperidine rings is 1. The summed E-state index contributed by atoms with van der Waals surface area (Å²) in [5.41, 5.74) is 0.990. The second-order valence-electron chi connectivity index (χ2n) is 8.16. The van der Waals surface area contributed by atoms with Crippen molar-refractivity contribution >= 4 is 15.9 Å². The van der Waals surface area contributed by atoms with Crippen molar-refractivity contribution in [3.63, 3.8) is 0 Å². The van der Waals surface area contributed by atoms with E-state index in [1.54, 1.807) is 24.3 Å². The number of aryl methyl sites for hydroxylation is 1. The Morgan fingerprint density at radius 2 is 1.75 bits per heavy atom. The molecule has 1 heterocycles. The van der Waals surface area contributed by atoms with Crippen LogP contribution in [0.3, 0.4) is 0 Å². The molecule has 28 heavy (non-hydrogen) atoms. The van der Waals surface area contributed by atoms with E-state index < -0.39 is 16.1 Å². The van der Waals surface area contributed by atoms with Crippen molar-refractivity contribution in [3.05, 3.63) is 29.8 Å². The first-order valence-electron chi connectivity index (χ1n) is 10.4. The van der Waals surface area contributed by atoms with Crippen LogP contribution in [-0.2, 0) is 14.8 Å². The molecule has 1 atom stereocenters. The zero-order chi connectivity index (χ0) is 20.6. The van der Waals surface area contributed by atoms with Crippen molar-refractivity contribution in [3.8, 4) is 0 Å². The lowest BCUT2D eigenvalue weighted by molar-refractivity contribution is -0.123. The fourth-order valence-corrected chi connectivity index (χ4v) is 4.68. The molecule has 0 saturated carbocycles. The Balaban J connectivity index is 1.90. The summed E-state index contributed by atoms with van der Waals surface area (Å²) in [6, 6.07) is 5.89. The molecule has 0 aromatic heterocycles. The van der Waals surface area contributed by atoms with E-state index in [4.69, 9.17) is 0 Å². The van der Waals surface area contributed by atoms with Gasteiger partial charge in [0.25, 0.3) is 0 Å². The fraction of sp³-hybridized carbons (Fsp3) is 0.667. The van der Waals surface area contributed by atoms with E-state index in [2.05, 4.69) is 14.9 Å². The molecule has 1 saturated heterocycles. The Hall–Kier alpha value is -1.44. The summed E-state index contributed by atoms with van der Waals surface area (Å²) in [5.74, 6) is -0.0483. The number of hydrogen-bond acceptors (Lipinski definition) is 4. The van der Waals surface area contributed by atoms with Gasteiger partial charge in [-0.2, -0.15) is 4.72 Å². The van der Waals surface area contributed by atoms with Crippen LogP contribution in [0.5, 0.6) is 0 Å². The lowest BCUT2D eigenvalue weighted by atomic mass is 10.0. The summed E-state index contributed by atoms with van der Waals surface area (Å²) >= 11 is 0. The van der Waals surface area contributed by atoms with Crippen LogP contribution in [0.4, 0.5) is 0 Å². The molecule has 1 aromatic rings. The molecule has 6 nitrogen and oxygen atoms in total. The first-order chi connectivity index (χ1) is 13.3. The Bertz CT molecular complexity index is 711. The summed E-state index contributed by atoms with van der Waals surface area (Å²) in [5, 5.41) is 2.92. The predicted molar refractivity (Wildman–Crippen MR) is 113 cm³/mol. The minimum atomic E-state index is -3.73. The molecule has 2 N–H and O–H groups in total. The van der Waals surface area contributed by atoms with Crippen LogP contribution in [0.1, 0.15) is 51.5 Å². The van der Waals surface area contributed by atoms with Gasteiger partial charge in [0.05, 0.1) is 4.90 Å². The highest BCUT2D eigenvalue weighted by Gasteiger charge is 2.26. The molecule has 1 unspecified atom stereocenters. The quantitative estimate of drug-likeness (QED) is 0.583. The lowest BCUT2D eigenvalue weighted by Crippen LogP contribution is -2.47. The van der Waals surface area contributed by atoms with Crippen LogP contribution in [0, 0.1) is 12.8 Å². The Kier molecular flexibility index (Phi) is 8.92. The summed E-state index contributed by atoms with van der Waals surface area (Å²) in [6.45, 7) is 9.69. The largest absolute Gasteiger partial charge is 0.355 e.